The highest BCUT2D eigenvalue weighted by atomic mass is 32.2. The summed E-state index contributed by atoms with van der Waals surface area (Å²) < 4.78 is 64.6. The van der Waals surface area contributed by atoms with Gasteiger partial charge in [0.25, 0.3) is 0 Å². The van der Waals surface area contributed by atoms with E-state index in [0.717, 1.165) is 45.1 Å². The molecule has 0 amide bonds. The van der Waals surface area contributed by atoms with E-state index in [2.05, 4.69) is 31.0 Å². The summed E-state index contributed by atoms with van der Waals surface area (Å²) in [5.41, 5.74) is -0.545. The van der Waals surface area contributed by atoms with Crippen LogP contribution in [-0.4, -0.2) is 94.3 Å². The Morgan fingerprint density at radius 3 is 2.63 bits per heavy atom. The molecule has 2 N–H and O–H groups in total. The number of halogens is 2. The third-order valence-electron chi connectivity index (χ3n) is 11.3. The average molecular weight is 687 g/mol. The fourth-order valence-electron chi connectivity index (χ4n) is 8.79. The summed E-state index contributed by atoms with van der Waals surface area (Å²) >= 11 is 0. The van der Waals surface area contributed by atoms with E-state index >= 15 is 4.39 Å². The minimum absolute atomic E-state index is 0.00437. The maximum atomic E-state index is 16.9. The van der Waals surface area contributed by atoms with Crippen molar-refractivity contribution >= 4 is 37.3 Å². The zero-order valence-electron chi connectivity index (χ0n) is 26.8. The number of rotatable bonds is 7. The number of aromatic hydroxyl groups is 1. The summed E-state index contributed by atoms with van der Waals surface area (Å²) in [6, 6.07) is 6.01. The van der Waals surface area contributed by atoms with E-state index in [-0.39, 0.29) is 63.4 Å². The van der Waals surface area contributed by atoms with Crippen LogP contribution in [0.4, 0.5) is 14.6 Å². The van der Waals surface area contributed by atoms with Gasteiger partial charge in [0, 0.05) is 48.9 Å². The smallest absolute Gasteiger partial charge is 0.319 e. The molecule has 4 atom stereocenters. The van der Waals surface area contributed by atoms with E-state index in [1.807, 2.05) is 0 Å². The van der Waals surface area contributed by atoms with Crippen LogP contribution in [0, 0.1) is 24.0 Å². The molecule has 0 radical (unpaired) electrons. The van der Waals surface area contributed by atoms with Gasteiger partial charge in [-0.15, -0.1) is 6.42 Å². The molecule has 9 rings (SSSR count). The lowest BCUT2D eigenvalue weighted by atomic mass is 9.95. The zero-order valence-corrected chi connectivity index (χ0v) is 27.6. The Balaban J connectivity index is 1.14. The second-order valence-electron chi connectivity index (χ2n) is 14.4. The maximum Gasteiger partial charge on any atom is 0.319 e. The number of phenols is 1. The van der Waals surface area contributed by atoms with Crippen LogP contribution in [0.2, 0.25) is 0 Å². The minimum Gasteiger partial charge on any atom is -0.508 e. The molecule has 5 aliphatic rings. The van der Waals surface area contributed by atoms with Crippen LogP contribution in [0.1, 0.15) is 50.5 Å². The molecule has 1 saturated carbocycles. The van der Waals surface area contributed by atoms with Crippen molar-refractivity contribution in [3.8, 4) is 35.4 Å². The molecule has 13 heteroatoms. The highest BCUT2D eigenvalue weighted by Crippen LogP contribution is 2.45. The maximum absolute atomic E-state index is 16.9. The number of nitrogens with one attached hydrogen (secondary N) is 1. The third-order valence-corrected chi connectivity index (χ3v) is 14.0. The van der Waals surface area contributed by atoms with Crippen LogP contribution in [0.5, 0.6) is 11.8 Å². The number of pyridine rings is 1. The van der Waals surface area contributed by atoms with Gasteiger partial charge in [0.05, 0.1) is 27.0 Å². The number of phenolic OH excluding ortho intramolecular Hbond substituents is 1. The van der Waals surface area contributed by atoms with Crippen molar-refractivity contribution in [2.24, 2.45) is 0 Å². The number of piperazine rings is 1. The van der Waals surface area contributed by atoms with Crippen LogP contribution in [0.25, 0.3) is 32.9 Å². The molecule has 5 fully saturated rings. The molecule has 10 nitrogen and oxygen atoms in total. The number of hydrogen-bond acceptors (Lipinski definition) is 10. The van der Waals surface area contributed by atoms with Crippen molar-refractivity contribution in [3.05, 3.63) is 47.7 Å². The normalized spacial score (nSPS) is 26.8. The Morgan fingerprint density at radius 1 is 1.08 bits per heavy atom. The molecule has 254 valence electrons. The summed E-state index contributed by atoms with van der Waals surface area (Å²) in [6.07, 6.45) is 13.0. The molecule has 1 aliphatic carbocycles. The minimum atomic E-state index is -3.20. The van der Waals surface area contributed by atoms with E-state index in [9.17, 15) is 17.9 Å². The number of anilines is 1. The Hall–Kier alpha value is -4.12. The highest BCUT2D eigenvalue weighted by molar-refractivity contribution is 7.93. The SMILES string of the molecule is C#Cc1c(F)ccc2cc(O)cc(-c3ncc4c(N5CC6CCC(C5)N6)nc(OCC56CCCN5CC(S(=O)(=O)C5CC5)C6)nc4c3F)c12. The molecule has 4 aromatic rings. The van der Waals surface area contributed by atoms with Gasteiger partial charge in [-0.3, -0.25) is 9.88 Å². The van der Waals surface area contributed by atoms with Crippen molar-refractivity contribution < 1.29 is 27.0 Å². The largest absolute Gasteiger partial charge is 0.508 e. The monoisotopic (exact) mass is 686 g/mol. The van der Waals surface area contributed by atoms with E-state index in [1.165, 1.54) is 30.5 Å². The predicted octanol–water partition coefficient (Wildman–Crippen LogP) is 4.31. The quantitative estimate of drug-likeness (QED) is 0.272. The summed E-state index contributed by atoms with van der Waals surface area (Å²) in [5.74, 6) is 1.31. The van der Waals surface area contributed by atoms with Crippen LogP contribution in [0.3, 0.4) is 0 Å². The lowest BCUT2D eigenvalue weighted by Crippen LogP contribution is -2.51. The third kappa shape index (κ3) is 5.02. The van der Waals surface area contributed by atoms with Crippen molar-refractivity contribution in [2.45, 2.75) is 73.1 Å². The van der Waals surface area contributed by atoms with Crippen LogP contribution < -0.4 is 15.0 Å². The lowest BCUT2D eigenvalue weighted by Gasteiger charge is -2.34. The summed E-state index contributed by atoms with van der Waals surface area (Å²) in [6.45, 7) is 2.83. The van der Waals surface area contributed by atoms with Crippen molar-refractivity contribution in [2.75, 3.05) is 37.7 Å². The molecule has 2 bridgehead atoms. The van der Waals surface area contributed by atoms with E-state index in [4.69, 9.17) is 16.1 Å². The fraction of sp³-hybridized carbons (Fsp3) is 0.472. The van der Waals surface area contributed by atoms with Crippen LogP contribution in [-0.2, 0) is 9.84 Å². The first kappa shape index (κ1) is 30.9. The molecule has 49 heavy (non-hydrogen) atoms. The lowest BCUT2D eigenvalue weighted by molar-refractivity contribution is 0.108. The highest BCUT2D eigenvalue weighted by Gasteiger charge is 2.55. The average Bonchev–Trinajstić information content (AvgIpc) is 3.68. The number of sulfone groups is 1. The Labute approximate surface area is 282 Å². The number of fused-ring (bicyclic) bond motifs is 5. The number of benzene rings is 2. The summed E-state index contributed by atoms with van der Waals surface area (Å²) in [4.78, 5) is 18.3. The molecular weight excluding hydrogens is 650 g/mol. The van der Waals surface area contributed by atoms with Gasteiger partial charge in [0.2, 0.25) is 0 Å². The Kier molecular flexibility index (Phi) is 7.06. The van der Waals surface area contributed by atoms with E-state index < -0.39 is 32.3 Å². The fourth-order valence-corrected chi connectivity index (χ4v) is 11.1. The van der Waals surface area contributed by atoms with Gasteiger partial charge < -0.3 is 20.1 Å². The van der Waals surface area contributed by atoms with Crippen LogP contribution >= 0.6 is 0 Å². The number of hydrogen-bond donors (Lipinski definition) is 2. The standard InChI is InChI=1S/C36H36F2N6O4S/c1-2-26-29(37)9-4-20-12-23(45)13-27(30(20)26)32-31(38)33-28(15-39-32)34(43-16-21-5-6-22(17-43)40-21)42-35(41-33)48-19-36-10-3-11-44(36)18-25(14-36)49(46,47)24-7-8-24/h1,4,9,12-13,15,21-22,24-25,40,45H,3,5-8,10-11,14,16-19H2. The second-order valence-corrected chi connectivity index (χ2v) is 16.9. The van der Waals surface area contributed by atoms with Gasteiger partial charge in [-0.25, -0.2) is 17.2 Å². The first-order chi connectivity index (χ1) is 23.6. The van der Waals surface area contributed by atoms with Gasteiger partial charge >= 0.3 is 6.01 Å². The van der Waals surface area contributed by atoms with E-state index in [1.54, 1.807) is 0 Å². The number of nitrogens with zero attached hydrogens (tertiary/aromatic N) is 5. The van der Waals surface area contributed by atoms with Gasteiger partial charge in [-0.05, 0) is 75.1 Å². The second kappa shape index (κ2) is 11.2. The Bertz CT molecular complexity index is 2180. The number of ether oxygens (including phenoxy) is 1. The van der Waals surface area contributed by atoms with Crippen LogP contribution in [0.15, 0.2) is 30.5 Å². The topological polar surface area (TPSA) is 121 Å². The number of aromatic nitrogens is 3. The summed E-state index contributed by atoms with van der Waals surface area (Å²) in [5, 5.41) is 14.6. The molecule has 2 aromatic heterocycles. The van der Waals surface area contributed by atoms with Crippen molar-refractivity contribution in [3.63, 3.8) is 0 Å². The zero-order chi connectivity index (χ0) is 33.7. The first-order valence-electron chi connectivity index (χ1n) is 17.0. The Morgan fingerprint density at radius 2 is 1.88 bits per heavy atom. The number of terminal acetylenes is 1. The molecule has 4 unspecified atom stereocenters. The van der Waals surface area contributed by atoms with Crippen molar-refractivity contribution in [1.82, 2.24) is 25.2 Å². The van der Waals surface area contributed by atoms with Gasteiger partial charge in [-0.2, -0.15) is 9.97 Å². The first-order valence-corrected chi connectivity index (χ1v) is 18.6. The van der Waals surface area contributed by atoms with E-state index in [0.29, 0.717) is 42.6 Å². The van der Waals surface area contributed by atoms with Gasteiger partial charge in [0.15, 0.2) is 15.7 Å². The molecule has 0 spiro atoms. The predicted molar refractivity (Wildman–Crippen MR) is 181 cm³/mol. The summed E-state index contributed by atoms with van der Waals surface area (Å²) in [7, 11) is -3.20. The molecule has 4 aliphatic heterocycles. The van der Waals surface area contributed by atoms with Gasteiger partial charge in [-0.1, -0.05) is 12.0 Å². The molecule has 2 aromatic carbocycles. The molecular formula is C36H36F2N6O4S. The molecule has 6 heterocycles. The van der Waals surface area contributed by atoms with Gasteiger partial charge in [0.1, 0.15) is 35.2 Å². The van der Waals surface area contributed by atoms with Crippen molar-refractivity contribution in [1.29, 1.82) is 0 Å². The molecule has 4 saturated heterocycles.